The van der Waals surface area contributed by atoms with Crippen molar-refractivity contribution in [3.8, 4) is 11.5 Å². The van der Waals surface area contributed by atoms with E-state index in [0.717, 1.165) is 30.5 Å². The lowest BCUT2D eigenvalue weighted by atomic mass is 9.97. The van der Waals surface area contributed by atoms with Crippen LogP contribution in [-0.4, -0.2) is 34.1 Å². The maximum absolute atomic E-state index is 12.8. The SMILES string of the molecule is Cc1ccc(C(=O)N2CCCC(c3nnc(-c4ccc(C(F)(F)F)cc4)o3)C2)cc1. The second-order valence-electron chi connectivity index (χ2n) is 7.48. The van der Waals surface area contributed by atoms with Crippen molar-refractivity contribution in [1.82, 2.24) is 15.1 Å². The monoisotopic (exact) mass is 415 g/mol. The van der Waals surface area contributed by atoms with Gasteiger partial charge >= 0.3 is 6.18 Å². The van der Waals surface area contributed by atoms with Crippen molar-refractivity contribution in [3.63, 3.8) is 0 Å². The first kappa shape index (κ1) is 20.1. The molecule has 5 nitrogen and oxygen atoms in total. The summed E-state index contributed by atoms with van der Waals surface area (Å²) in [4.78, 5) is 14.6. The molecule has 3 aromatic rings. The molecule has 8 heteroatoms. The number of alkyl halides is 3. The number of halogens is 3. The lowest BCUT2D eigenvalue weighted by Crippen LogP contribution is -2.39. The molecule has 1 saturated heterocycles. The van der Waals surface area contributed by atoms with Gasteiger partial charge in [0.1, 0.15) is 0 Å². The van der Waals surface area contributed by atoms with E-state index < -0.39 is 11.7 Å². The van der Waals surface area contributed by atoms with Crippen molar-refractivity contribution in [2.75, 3.05) is 13.1 Å². The number of likely N-dealkylation sites (tertiary alicyclic amines) is 1. The fourth-order valence-corrected chi connectivity index (χ4v) is 3.56. The second-order valence-corrected chi connectivity index (χ2v) is 7.48. The fourth-order valence-electron chi connectivity index (χ4n) is 3.56. The van der Waals surface area contributed by atoms with Gasteiger partial charge in [-0.2, -0.15) is 13.2 Å². The van der Waals surface area contributed by atoms with Crippen LogP contribution in [0.1, 0.15) is 46.1 Å². The van der Waals surface area contributed by atoms with E-state index in [-0.39, 0.29) is 17.7 Å². The van der Waals surface area contributed by atoms with Crippen LogP contribution in [0.3, 0.4) is 0 Å². The molecule has 2 heterocycles. The van der Waals surface area contributed by atoms with Crippen molar-refractivity contribution >= 4 is 5.91 Å². The number of aromatic nitrogens is 2. The van der Waals surface area contributed by atoms with E-state index in [1.54, 1.807) is 4.90 Å². The van der Waals surface area contributed by atoms with Gasteiger partial charge in [0.05, 0.1) is 11.5 Å². The highest BCUT2D eigenvalue weighted by atomic mass is 19.4. The van der Waals surface area contributed by atoms with Gasteiger partial charge < -0.3 is 9.32 Å². The zero-order valence-corrected chi connectivity index (χ0v) is 16.3. The van der Waals surface area contributed by atoms with Crippen LogP contribution >= 0.6 is 0 Å². The van der Waals surface area contributed by atoms with Gasteiger partial charge in [-0.3, -0.25) is 4.79 Å². The normalized spacial score (nSPS) is 17.2. The van der Waals surface area contributed by atoms with Gasteiger partial charge in [0, 0.05) is 24.2 Å². The maximum atomic E-state index is 12.8. The van der Waals surface area contributed by atoms with E-state index in [4.69, 9.17) is 4.42 Å². The fraction of sp³-hybridized carbons (Fsp3) is 0.318. The summed E-state index contributed by atoms with van der Waals surface area (Å²) in [6.45, 7) is 3.08. The van der Waals surface area contributed by atoms with Crippen molar-refractivity contribution in [2.24, 2.45) is 0 Å². The van der Waals surface area contributed by atoms with Gasteiger partial charge in [-0.15, -0.1) is 10.2 Å². The van der Waals surface area contributed by atoms with Crippen molar-refractivity contribution in [3.05, 3.63) is 71.1 Å². The molecule has 0 radical (unpaired) electrons. The van der Waals surface area contributed by atoms with E-state index in [9.17, 15) is 18.0 Å². The first-order valence-corrected chi connectivity index (χ1v) is 9.68. The summed E-state index contributed by atoms with van der Waals surface area (Å²) in [5, 5.41) is 8.08. The first-order chi connectivity index (χ1) is 14.3. The van der Waals surface area contributed by atoms with Gasteiger partial charge in [-0.05, 0) is 56.2 Å². The van der Waals surface area contributed by atoms with E-state index in [0.29, 0.717) is 30.1 Å². The van der Waals surface area contributed by atoms with Gasteiger partial charge in [0.25, 0.3) is 5.91 Å². The average molecular weight is 415 g/mol. The Balaban J connectivity index is 1.48. The summed E-state index contributed by atoms with van der Waals surface area (Å²) in [7, 11) is 0. The molecule has 1 aromatic heterocycles. The molecule has 0 N–H and O–H groups in total. The molecule has 156 valence electrons. The predicted octanol–water partition coefficient (Wildman–Crippen LogP) is 5.08. The van der Waals surface area contributed by atoms with E-state index in [1.807, 2.05) is 31.2 Å². The zero-order valence-electron chi connectivity index (χ0n) is 16.3. The second kappa shape index (κ2) is 7.93. The number of hydrogen-bond acceptors (Lipinski definition) is 4. The Hall–Kier alpha value is -3.16. The summed E-state index contributed by atoms with van der Waals surface area (Å²) in [6.07, 6.45) is -2.79. The lowest BCUT2D eigenvalue weighted by Gasteiger charge is -2.31. The average Bonchev–Trinajstić information content (AvgIpc) is 3.24. The van der Waals surface area contributed by atoms with Crippen LogP contribution in [-0.2, 0) is 6.18 Å². The summed E-state index contributed by atoms with van der Waals surface area (Å²) < 4.78 is 43.9. The Morgan fingerprint density at radius 3 is 2.43 bits per heavy atom. The Morgan fingerprint density at radius 1 is 1.07 bits per heavy atom. The van der Waals surface area contributed by atoms with Crippen LogP contribution in [0.4, 0.5) is 13.2 Å². The number of nitrogens with zero attached hydrogens (tertiary/aromatic N) is 3. The van der Waals surface area contributed by atoms with Crippen molar-refractivity contribution in [1.29, 1.82) is 0 Å². The molecule has 1 amide bonds. The highest BCUT2D eigenvalue weighted by Gasteiger charge is 2.31. The number of carbonyl (C=O) groups is 1. The smallest absolute Gasteiger partial charge is 0.416 e. The van der Waals surface area contributed by atoms with Crippen LogP contribution in [0, 0.1) is 6.92 Å². The lowest BCUT2D eigenvalue weighted by molar-refractivity contribution is -0.137. The molecule has 0 bridgehead atoms. The summed E-state index contributed by atoms with van der Waals surface area (Å²) in [5.41, 5.74) is 1.41. The third kappa shape index (κ3) is 4.22. The minimum absolute atomic E-state index is 0.0396. The van der Waals surface area contributed by atoms with E-state index in [2.05, 4.69) is 10.2 Å². The van der Waals surface area contributed by atoms with Gasteiger partial charge in [-0.25, -0.2) is 0 Å². The van der Waals surface area contributed by atoms with Crippen LogP contribution in [0.2, 0.25) is 0 Å². The van der Waals surface area contributed by atoms with Crippen molar-refractivity contribution < 1.29 is 22.4 Å². The minimum Gasteiger partial charge on any atom is -0.420 e. The molecule has 0 aliphatic carbocycles. The highest BCUT2D eigenvalue weighted by Crippen LogP contribution is 2.32. The number of aryl methyl sites for hydroxylation is 1. The molecule has 1 aliphatic rings. The number of amides is 1. The quantitative estimate of drug-likeness (QED) is 0.598. The molecule has 4 rings (SSSR count). The maximum Gasteiger partial charge on any atom is 0.416 e. The standard InChI is InChI=1S/C22H20F3N3O2/c1-14-4-6-16(7-5-14)21(29)28-12-2-3-17(13-28)20-27-26-19(30-20)15-8-10-18(11-9-15)22(23,24)25/h4-11,17H,2-3,12-13H2,1H3. The van der Waals surface area contributed by atoms with Gasteiger partial charge in [-0.1, -0.05) is 17.7 Å². The zero-order chi connectivity index (χ0) is 21.3. The van der Waals surface area contributed by atoms with Crippen LogP contribution in [0.5, 0.6) is 0 Å². The van der Waals surface area contributed by atoms with Gasteiger partial charge in [0.2, 0.25) is 11.8 Å². The summed E-state index contributed by atoms with van der Waals surface area (Å²) in [5.74, 6) is 0.415. The number of hydrogen-bond donors (Lipinski definition) is 0. The first-order valence-electron chi connectivity index (χ1n) is 9.68. The molecule has 30 heavy (non-hydrogen) atoms. The summed E-state index contributed by atoms with van der Waals surface area (Å²) in [6, 6.07) is 12.0. The highest BCUT2D eigenvalue weighted by molar-refractivity contribution is 5.94. The van der Waals surface area contributed by atoms with Crippen LogP contribution < -0.4 is 0 Å². The topological polar surface area (TPSA) is 59.2 Å². The Bertz CT molecular complexity index is 1030. The van der Waals surface area contributed by atoms with Crippen LogP contribution in [0.25, 0.3) is 11.5 Å². The molecule has 1 fully saturated rings. The van der Waals surface area contributed by atoms with Crippen molar-refractivity contribution in [2.45, 2.75) is 31.9 Å². The number of benzene rings is 2. The molecule has 1 aliphatic heterocycles. The largest absolute Gasteiger partial charge is 0.420 e. The van der Waals surface area contributed by atoms with Gasteiger partial charge in [0.15, 0.2) is 0 Å². The van der Waals surface area contributed by atoms with E-state index in [1.165, 1.54) is 12.1 Å². The number of piperidine rings is 1. The third-order valence-corrected chi connectivity index (χ3v) is 5.26. The third-order valence-electron chi connectivity index (χ3n) is 5.26. The molecule has 0 spiro atoms. The molecule has 1 atom stereocenters. The number of carbonyl (C=O) groups excluding carboxylic acids is 1. The molecular weight excluding hydrogens is 395 g/mol. The molecule has 2 aromatic carbocycles. The minimum atomic E-state index is -4.39. The molecule has 0 saturated carbocycles. The molecule has 1 unspecified atom stereocenters. The Labute approximate surface area is 171 Å². The van der Waals surface area contributed by atoms with E-state index >= 15 is 0 Å². The van der Waals surface area contributed by atoms with Crippen LogP contribution in [0.15, 0.2) is 52.9 Å². The Morgan fingerprint density at radius 2 is 1.77 bits per heavy atom. The Kier molecular flexibility index (Phi) is 5.32. The molecular formula is C22H20F3N3O2. The number of rotatable bonds is 3. The predicted molar refractivity (Wildman–Crippen MR) is 104 cm³/mol. The summed E-state index contributed by atoms with van der Waals surface area (Å²) >= 11 is 0.